The fourth-order valence-electron chi connectivity index (χ4n) is 1.24. The smallest absolute Gasteiger partial charge is 0.312 e. The van der Waals surface area contributed by atoms with Gasteiger partial charge in [-0.15, -0.1) is 0 Å². The minimum absolute atomic E-state index is 0.00482. The second-order valence-corrected chi connectivity index (χ2v) is 4.04. The van der Waals surface area contributed by atoms with Crippen molar-refractivity contribution in [1.29, 1.82) is 0 Å². The van der Waals surface area contributed by atoms with E-state index in [1.165, 1.54) is 25.3 Å². The third-order valence-electron chi connectivity index (χ3n) is 2.21. The molecule has 1 aromatic rings. The summed E-state index contributed by atoms with van der Waals surface area (Å²) in [7, 11) is 1.27. The van der Waals surface area contributed by atoms with Crippen LogP contribution in [0.25, 0.3) is 0 Å². The quantitative estimate of drug-likeness (QED) is 0.468. The van der Waals surface area contributed by atoms with Crippen LogP contribution in [0, 0.1) is 16.0 Å². The average Bonchev–Trinajstić information content (AvgIpc) is 2.35. The highest BCUT2D eigenvalue weighted by atomic mass is 35.5. The lowest BCUT2D eigenvalue weighted by atomic mass is 10.2. The van der Waals surface area contributed by atoms with E-state index in [1.807, 2.05) is 0 Å². The summed E-state index contributed by atoms with van der Waals surface area (Å²) < 4.78 is 9.76. The van der Waals surface area contributed by atoms with Crippen molar-refractivity contribution in [3.05, 3.63) is 33.3 Å². The van der Waals surface area contributed by atoms with Crippen LogP contribution in [0.3, 0.4) is 0 Å². The van der Waals surface area contributed by atoms with Crippen LogP contribution in [-0.4, -0.2) is 24.6 Å². The van der Waals surface area contributed by atoms with Crippen molar-refractivity contribution in [1.82, 2.24) is 0 Å². The molecule has 0 saturated heterocycles. The average molecular weight is 274 g/mol. The molecule has 1 aromatic carbocycles. The number of benzene rings is 1. The number of nitro benzene ring substituents is 1. The summed E-state index contributed by atoms with van der Waals surface area (Å²) in [5.74, 6) is -0.878. The Balaban J connectivity index is 2.79. The van der Waals surface area contributed by atoms with Crippen molar-refractivity contribution >= 4 is 23.3 Å². The summed E-state index contributed by atoms with van der Waals surface area (Å²) >= 11 is 5.66. The molecule has 98 valence electrons. The number of nitrogens with zero attached hydrogens (tertiary/aromatic N) is 1. The highest BCUT2D eigenvalue weighted by molar-refractivity contribution is 6.30. The Morgan fingerprint density at radius 3 is 2.78 bits per heavy atom. The molecule has 18 heavy (non-hydrogen) atoms. The number of rotatable bonds is 5. The molecule has 6 nitrogen and oxygen atoms in total. The SMILES string of the molecule is COC(=O)C(C)COc1ccc(Cl)cc1[N+](=O)[O-]. The van der Waals surface area contributed by atoms with Gasteiger partial charge in [0.2, 0.25) is 0 Å². The number of hydrogen-bond acceptors (Lipinski definition) is 5. The number of carbonyl (C=O) groups excluding carboxylic acids is 1. The Morgan fingerprint density at radius 2 is 2.22 bits per heavy atom. The molecule has 0 amide bonds. The van der Waals surface area contributed by atoms with Gasteiger partial charge in [-0.25, -0.2) is 0 Å². The maximum atomic E-state index is 11.1. The fourth-order valence-corrected chi connectivity index (χ4v) is 1.41. The molecule has 0 fully saturated rings. The van der Waals surface area contributed by atoms with Gasteiger partial charge in [0.1, 0.15) is 6.61 Å². The Bertz CT molecular complexity index is 463. The Labute approximate surface area is 109 Å². The second kappa shape index (κ2) is 6.20. The summed E-state index contributed by atoms with van der Waals surface area (Å²) in [4.78, 5) is 21.3. The van der Waals surface area contributed by atoms with Crippen molar-refractivity contribution in [2.75, 3.05) is 13.7 Å². The van der Waals surface area contributed by atoms with Crippen LogP contribution in [0.4, 0.5) is 5.69 Å². The second-order valence-electron chi connectivity index (χ2n) is 3.60. The molecule has 1 rings (SSSR count). The molecule has 7 heteroatoms. The third kappa shape index (κ3) is 3.59. The molecule has 1 unspecified atom stereocenters. The van der Waals surface area contributed by atoms with Crippen LogP contribution >= 0.6 is 11.6 Å². The Hall–Kier alpha value is -1.82. The topological polar surface area (TPSA) is 78.7 Å². The van der Waals surface area contributed by atoms with E-state index >= 15 is 0 Å². The van der Waals surface area contributed by atoms with Crippen LogP contribution < -0.4 is 4.74 Å². The van der Waals surface area contributed by atoms with E-state index in [0.717, 1.165) is 0 Å². The molecule has 0 N–H and O–H groups in total. The van der Waals surface area contributed by atoms with E-state index in [9.17, 15) is 14.9 Å². The molecule has 0 spiro atoms. The summed E-state index contributed by atoms with van der Waals surface area (Å²) in [5, 5.41) is 11.0. The van der Waals surface area contributed by atoms with Crippen molar-refractivity contribution in [2.45, 2.75) is 6.92 Å². The lowest BCUT2D eigenvalue weighted by Crippen LogP contribution is -2.20. The van der Waals surface area contributed by atoms with Crippen LogP contribution in [0.5, 0.6) is 5.75 Å². The maximum Gasteiger partial charge on any atom is 0.312 e. The molecule has 0 aliphatic heterocycles. The first-order valence-corrected chi connectivity index (χ1v) is 5.48. The van der Waals surface area contributed by atoms with Gasteiger partial charge in [-0.05, 0) is 19.1 Å². The van der Waals surface area contributed by atoms with Crippen LogP contribution in [0.2, 0.25) is 5.02 Å². The van der Waals surface area contributed by atoms with E-state index in [2.05, 4.69) is 4.74 Å². The highest BCUT2D eigenvalue weighted by Gasteiger charge is 2.19. The van der Waals surface area contributed by atoms with Gasteiger partial charge in [-0.3, -0.25) is 14.9 Å². The van der Waals surface area contributed by atoms with Crippen LogP contribution in [-0.2, 0) is 9.53 Å². The number of hydrogen-bond donors (Lipinski definition) is 0. The van der Waals surface area contributed by atoms with Crippen molar-refractivity contribution < 1.29 is 19.2 Å². The summed E-state index contributed by atoms with van der Waals surface area (Å²) in [6.45, 7) is 1.60. The number of esters is 1. The van der Waals surface area contributed by atoms with E-state index in [1.54, 1.807) is 6.92 Å². The number of nitro groups is 1. The minimum Gasteiger partial charge on any atom is -0.486 e. The van der Waals surface area contributed by atoms with Gasteiger partial charge in [0.05, 0.1) is 18.0 Å². The normalized spacial score (nSPS) is 11.7. The molecule has 0 aromatic heterocycles. The summed E-state index contributed by atoms with van der Waals surface area (Å²) in [6.07, 6.45) is 0. The Morgan fingerprint density at radius 1 is 1.56 bits per heavy atom. The molecular weight excluding hydrogens is 262 g/mol. The summed E-state index contributed by atoms with van der Waals surface area (Å²) in [6, 6.07) is 4.07. The van der Waals surface area contributed by atoms with Gasteiger partial charge in [0.25, 0.3) is 0 Å². The molecule has 0 heterocycles. The molecule has 0 bridgehead atoms. The zero-order chi connectivity index (χ0) is 13.7. The first-order valence-electron chi connectivity index (χ1n) is 5.10. The van der Waals surface area contributed by atoms with Crippen LogP contribution in [0.1, 0.15) is 6.92 Å². The molecular formula is C11H12ClNO5. The Kier molecular flexibility index (Phi) is 4.91. The standard InChI is InChI=1S/C11H12ClNO5/c1-7(11(14)17-2)6-18-10-4-3-8(12)5-9(10)13(15)16/h3-5,7H,6H2,1-2H3. The monoisotopic (exact) mass is 273 g/mol. The van der Waals surface area contributed by atoms with Gasteiger partial charge in [0, 0.05) is 11.1 Å². The van der Waals surface area contributed by atoms with E-state index in [-0.39, 0.29) is 23.1 Å². The predicted octanol–water partition coefficient (Wildman–Crippen LogP) is 2.44. The van der Waals surface area contributed by atoms with Gasteiger partial charge in [0.15, 0.2) is 5.75 Å². The van der Waals surface area contributed by atoms with E-state index in [4.69, 9.17) is 16.3 Å². The zero-order valence-electron chi connectivity index (χ0n) is 9.88. The van der Waals surface area contributed by atoms with Gasteiger partial charge in [-0.2, -0.15) is 0 Å². The van der Waals surface area contributed by atoms with Crippen LogP contribution in [0.15, 0.2) is 18.2 Å². The van der Waals surface area contributed by atoms with Crippen molar-refractivity contribution in [3.8, 4) is 5.75 Å². The first kappa shape index (κ1) is 14.2. The molecule has 1 atom stereocenters. The number of methoxy groups -OCH3 is 1. The number of ether oxygens (including phenoxy) is 2. The molecule has 0 radical (unpaired) electrons. The largest absolute Gasteiger partial charge is 0.486 e. The number of carbonyl (C=O) groups is 1. The molecule has 0 aliphatic rings. The van der Waals surface area contributed by atoms with E-state index < -0.39 is 16.8 Å². The maximum absolute atomic E-state index is 11.1. The van der Waals surface area contributed by atoms with Gasteiger partial charge in [-0.1, -0.05) is 11.6 Å². The third-order valence-corrected chi connectivity index (χ3v) is 2.45. The van der Waals surface area contributed by atoms with Gasteiger partial charge >= 0.3 is 11.7 Å². The lowest BCUT2D eigenvalue weighted by molar-refractivity contribution is -0.385. The molecule has 0 aliphatic carbocycles. The van der Waals surface area contributed by atoms with Crippen molar-refractivity contribution in [3.63, 3.8) is 0 Å². The predicted molar refractivity (Wildman–Crippen MR) is 64.8 cm³/mol. The van der Waals surface area contributed by atoms with E-state index in [0.29, 0.717) is 0 Å². The van der Waals surface area contributed by atoms with Crippen molar-refractivity contribution in [2.24, 2.45) is 5.92 Å². The highest BCUT2D eigenvalue weighted by Crippen LogP contribution is 2.30. The minimum atomic E-state index is -0.593. The zero-order valence-corrected chi connectivity index (χ0v) is 10.6. The van der Waals surface area contributed by atoms with Gasteiger partial charge < -0.3 is 9.47 Å². The molecule has 0 saturated carbocycles. The summed E-state index contributed by atoms with van der Waals surface area (Å²) in [5.41, 5.74) is -0.237. The lowest BCUT2D eigenvalue weighted by Gasteiger charge is -2.11. The number of halogens is 1. The fraction of sp³-hybridized carbons (Fsp3) is 0.364. The first-order chi connectivity index (χ1) is 8.45.